The third-order valence-electron chi connectivity index (χ3n) is 7.15. The van der Waals surface area contributed by atoms with Crippen molar-refractivity contribution < 1.29 is 22.7 Å². The van der Waals surface area contributed by atoms with Crippen molar-refractivity contribution in [1.29, 1.82) is 0 Å². The Bertz CT molecular complexity index is 1450. The molecule has 3 rings (SSSR count). The summed E-state index contributed by atoms with van der Waals surface area (Å²) in [5, 5.41) is 2.90. The van der Waals surface area contributed by atoms with Gasteiger partial charge < -0.3 is 15.0 Å². The summed E-state index contributed by atoms with van der Waals surface area (Å²) in [7, 11) is -2.56. The summed E-state index contributed by atoms with van der Waals surface area (Å²) >= 11 is 0. The standard InChI is InChI=1S/C32H41N3O5S/c1-7-19-33-32(37)29(8-2)34(21-26-12-10-13-27(20-26)40-6)31(36)22-35(30-14-9-11-24(4)25(30)5)41(38,39)28-17-15-23(3)16-18-28/h9-18,20,29H,7-8,19,21-22H2,1-6H3,(H,33,37). The second-order valence-corrected chi connectivity index (χ2v) is 12.0. The van der Waals surface area contributed by atoms with E-state index in [1.807, 2.05) is 58.9 Å². The van der Waals surface area contributed by atoms with E-state index in [0.717, 1.165) is 33.0 Å². The van der Waals surface area contributed by atoms with Gasteiger partial charge in [-0.15, -0.1) is 0 Å². The van der Waals surface area contributed by atoms with Crippen LogP contribution in [-0.4, -0.2) is 51.4 Å². The highest BCUT2D eigenvalue weighted by Gasteiger charge is 2.34. The van der Waals surface area contributed by atoms with Gasteiger partial charge in [0.05, 0.1) is 17.7 Å². The van der Waals surface area contributed by atoms with Crippen LogP contribution < -0.4 is 14.4 Å². The Morgan fingerprint density at radius 1 is 0.951 bits per heavy atom. The van der Waals surface area contributed by atoms with Crippen LogP contribution >= 0.6 is 0 Å². The van der Waals surface area contributed by atoms with Crippen molar-refractivity contribution in [2.45, 2.75) is 64.9 Å². The van der Waals surface area contributed by atoms with Crippen LogP contribution in [-0.2, 0) is 26.2 Å². The summed E-state index contributed by atoms with van der Waals surface area (Å²) < 4.78 is 34.7. The topological polar surface area (TPSA) is 96.0 Å². The van der Waals surface area contributed by atoms with Crippen molar-refractivity contribution in [3.05, 3.63) is 89.0 Å². The van der Waals surface area contributed by atoms with E-state index >= 15 is 0 Å². The molecule has 0 saturated heterocycles. The average molecular weight is 580 g/mol. The first-order chi connectivity index (χ1) is 19.5. The fourth-order valence-corrected chi connectivity index (χ4v) is 6.08. The van der Waals surface area contributed by atoms with Gasteiger partial charge >= 0.3 is 0 Å². The van der Waals surface area contributed by atoms with E-state index in [1.165, 1.54) is 4.90 Å². The summed E-state index contributed by atoms with van der Waals surface area (Å²) in [5.74, 6) is -0.134. The van der Waals surface area contributed by atoms with Gasteiger partial charge in [0.1, 0.15) is 18.3 Å². The first-order valence-electron chi connectivity index (χ1n) is 13.9. The van der Waals surface area contributed by atoms with Crippen molar-refractivity contribution in [1.82, 2.24) is 10.2 Å². The molecular weight excluding hydrogens is 538 g/mol. The first-order valence-corrected chi connectivity index (χ1v) is 15.3. The van der Waals surface area contributed by atoms with Crippen molar-refractivity contribution in [3.63, 3.8) is 0 Å². The highest BCUT2D eigenvalue weighted by molar-refractivity contribution is 7.92. The van der Waals surface area contributed by atoms with Crippen molar-refractivity contribution in [3.8, 4) is 5.75 Å². The van der Waals surface area contributed by atoms with Crippen LogP contribution in [0.2, 0.25) is 0 Å². The Balaban J connectivity index is 2.10. The maximum absolute atomic E-state index is 14.2. The molecule has 3 aromatic rings. The number of carbonyl (C=O) groups excluding carboxylic acids is 2. The molecule has 0 saturated carbocycles. The highest BCUT2D eigenvalue weighted by Crippen LogP contribution is 2.29. The van der Waals surface area contributed by atoms with E-state index < -0.39 is 28.5 Å². The molecule has 2 amide bonds. The van der Waals surface area contributed by atoms with E-state index in [-0.39, 0.29) is 17.3 Å². The van der Waals surface area contributed by atoms with Gasteiger partial charge in [0.15, 0.2) is 0 Å². The summed E-state index contributed by atoms with van der Waals surface area (Å²) in [5.41, 5.74) is 3.76. The number of benzene rings is 3. The molecule has 1 atom stereocenters. The lowest BCUT2D eigenvalue weighted by atomic mass is 10.1. The molecule has 0 spiro atoms. The predicted molar refractivity (Wildman–Crippen MR) is 163 cm³/mol. The lowest BCUT2D eigenvalue weighted by Crippen LogP contribution is -2.52. The number of sulfonamides is 1. The number of ether oxygens (including phenoxy) is 1. The zero-order chi connectivity index (χ0) is 30.2. The SMILES string of the molecule is CCCNC(=O)C(CC)N(Cc1cccc(OC)c1)C(=O)CN(c1cccc(C)c1C)S(=O)(=O)c1ccc(C)cc1. The first kappa shape index (κ1) is 31.7. The number of nitrogens with one attached hydrogen (secondary N) is 1. The van der Waals surface area contributed by atoms with Gasteiger partial charge in [0.2, 0.25) is 11.8 Å². The molecule has 0 aliphatic carbocycles. The maximum atomic E-state index is 14.2. The van der Waals surface area contributed by atoms with Crippen molar-refractivity contribution in [2.24, 2.45) is 0 Å². The number of aryl methyl sites for hydroxylation is 2. The summed E-state index contributed by atoms with van der Waals surface area (Å²) in [6.45, 7) is 9.54. The number of amides is 2. The summed E-state index contributed by atoms with van der Waals surface area (Å²) in [6.07, 6.45) is 1.11. The maximum Gasteiger partial charge on any atom is 0.264 e. The Kier molecular flexibility index (Phi) is 10.9. The monoisotopic (exact) mass is 579 g/mol. The molecule has 220 valence electrons. The zero-order valence-corrected chi connectivity index (χ0v) is 25.6. The van der Waals surface area contributed by atoms with Crippen molar-refractivity contribution in [2.75, 3.05) is 24.5 Å². The molecule has 0 aliphatic heterocycles. The summed E-state index contributed by atoms with van der Waals surface area (Å²) in [4.78, 5) is 29.0. The molecule has 0 aliphatic rings. The van der Waals surface area contributed by atoms with E-state index in [2.05, 4.69) is 5.32 Å². The van der Waals surface area contributed by atoms with Crippen LogP contribution in [0.4, 0.5) is 5.69 Å². The Morgan fingerprint density at radius 2 is 1.63 bits per heavy atom. The molecule has 0 radical (unpaired) electrons. The molecule has 3 aromatic carbocycles. The number of nitrogens with zero attached hydrogens (tertiary/aromatic N) is 2. The molecule has 0 heterocycles. The zero-order valence-electron chi connectivity index (χ0n) is 24.8. The lowest BCUT2D eigenvalue weighted by molar-refractivity contribution is -0.140. The average Bonchev–Trinajstić information content (AvgIpc) is 2.96. The largest absolute Gasteiger partial charge is 0.497 e. The molecule has 41 heavy (non-hydrogen) atoms. The molecule has 8 nitrogen and oxygen atoms in total. The van der Waals surface area contributed by atoms with E-state index in [4.69, 9.17) is 4.74 Å². The highest BCUT2D eigenvalue weighted by atomic mass is 32.2. The number of rotatable bonds is 13. The molecule has 1 unspecified atom stereocenters. The number of carbonyl (C=O) groups is 2. The Labute approximate surface area is 244 Å². The predicted octanol–water partition coefficient (Wildman–Crippen LogP) is 5.15. The molecule has 0 fully saturated rings. The van der Waals surface area contributed by atoms with E-state index in [9.17, 15) is 18.0 Å². The number of methoxy groups -OCH3 is 1. The molecule has 1 N–H and O–H groups in total. The minimum atomic E-state index is -4.12. The second-order valence-electron chi connectivity index (χ2n) is 10.1. The molecule has 9 heteroatoms. The van der Waals surface area contributed by atoms with Crippen LogP contribution in [0.1, 0.15) is 48.9 Å². The minimum absolute atomic E-state index is 0.0869. The summed E-state index contributed by atoms with van der Waals surface area (Å²) in [6, 6.07) is 18.4. The fraction of sp³-hybridized carbons (Fsp3) is 0.375. The van der Waals surface area contributed by atoms with Gasteiger partial charge in [-0.1, -0.05) is 55.8 Å². The van der Waals surface area contributed by atoms with Gasteiger partial charge in [-0.2, -0.15) is 0 Å². The fourth-order valence-electron chi connectivity index (χ4n) is 4.61. The van der Waals surface area contributed by atoms with Crippen LogP contribution in [0.5, 0.6) is 5.75 Å². The minimum Gasteiger partial charge on any atom is -0.497 e. The number of hydrogen-bond donors (Lipinski definition) is 1. The van der Waals surface area contributed by atoms with E-state index in [1.54, 1.807) is 49.6 Å². The Morgan fingerprint density at radius 3 is 2.27 bits per heavy atom. The van der Waals surface area contributed by atoms with Crippen LogP contribution in [0.15, 0.2) is 71.6 Å². The third kappa shape index (κ3) is 7.67. The normalized spacial score (nSPS) is 12.0. The van der Waals surface area contributed by atoms with Crippen LogP contribution in [0.25, 0.3) is 0 Å². The van der Waals surface area contributed by atoms with Crippen molar-refractivity contribution >= 4 is 27.5 Å². The van der Waals surface area contributed by atoms with Gasteiger partial charge in [-0.05, 0) is 80.6 Å². The van der Waals surface area contributed by atoms with Crippen LogP contribution in [0, 0.1) is 20.8 Å². The second kappa shape index (κ2) is 14.2. The molecular formula is C32H41N3O5S. The van der Waals surface area contributed by atoms with Crippen LogP contribution in [0.3, 0.4) is 0 Å². The quantitative estimate of drug-likeness (QED) is 0.302. The molecule has 0 bridgehead atoms. The number of hydrogen-bond acceptors (Lipinski definition) is 5. The van der Waals surface area contributed by atoms with Gasteiger partial charge in [0, 0.05) is 13.1 Å². The number of anilines is 1. The third-order valence-corrected chi connectivity index (χ3v) is 8.93. The van der Waals surface area contributed by atoms with Gasteiger partial charge in [0.25, 0.3) is 10.0 Å². The van der Waals surface area contributed by atoms with Gasteiger partial charge in [-0.25, -0.2) is 8.42 Å². The van der Waals surface area contributed by atoms with E-state index in [0.29, 0.717) is 24.4 Å². The smallest absolute Gasteiger partial charge is 0.264 e. The lowest BCUT2D eigenvalue weighted by Gasteiger charge is -2.33. The van der Waals surface area contributed by atoms with Gasteiger partial charge in [-0.3, -0.25) is 13.9 Å². The molecule has 0 aromatic heterocycles. The Hall–Kier alpha value is -3.85.